The predicted molar refractivity (Wildman–Crippen MR) is 154 cm³/mol. The summed E-state index contributed by atoms with van der Waals surface area (Å²) in [5, 5.41) is 10.0. The normalized spacial score (nSPS) is 28.8. The first-order valence-electron chi connectivity index (χ1n) is 16.1. The average Bonchev–Trinajstić information content (AvgIpc) is 3.31. The number of hydrogen-bond donors (Lipinski definition) is 4. The number of likely N-dealkylation sites (tertiary alicyclic amines) is 1. The summed E-state index contributed by atoms with van der Waals surface area (Å²) < 4.78 is 39.8. The monoisotopic (exact) mass is 639 g/mol. The van der Waals surface area contributed by atoms with Crippen LogP contribution in [0.5, 0.6) is 0 Å². The third-order valence-corrected chi connectivity index (χ3v) is 10.7. The Morgan fingerprint density at radius 2 is 1.64 bits per heavy atom. The van der Waals surface area contributed by atoms with Crippen molar-refractivity contribution in [2.24, 2.45) is 28.6 Å². The van der Waals surface area contributed by atoms with Gasteiger partial charge in [-0.1, -0.05) is 33.6 Å². The molecular weight excluding hydrogens is 595 g/mol. The van der Waals surface area contributed by atoms with Gasteiger partial charge in [0.1, 0.15) is 12.1 Å². The highest BCUT2D eigenvalue weighted by atomic mass is 19.4. The van der Waals surface area contributed by atoms with Gasteiger partial charge in [0.25, 0.3) is 5.91 Å². The summed E-state index contributed by atoms with van der Waals surface area (Å²) in [7, 11) is 0. The van der Waals surface area contributed by atoms with Gasteiger partial charge in [0.15, 0.2) is 0 Å². The third-order valence-electron chi connectivity index (χ3n) is 10.7. The number of carbonyl (C=O) groups is 6. The van der Waals surface area contributed by atoms with Gasteiger partial charge >= 0.3 is 12.1 Å². The van der Waals surface area contributed by atoms with Crippen molar-refractivity contribution < 1.29 is 41.9 Å². The number of amides is 5. The molecular formula is C31H44F3N5O6. The molecule has 0 bridgehead atoms. The van der Waals surface area contributed by atoms with Crippen molar-refractivity contribution >= 4 is 35.3 Å². The van der Waals surface area contributed by atoms with Gasteiger partial charge in [0.05, 0.1) is 6.04 Å². The van der Waals surface area contributed by atoms with Crippen LogP contribution < -0.4 is 21.3 Å². The lowest BCUT2D eigenvalue weighted by Crippen LogP contribution is -2.61. The first-order valence-corrected chi connectivity index (χ1v) is 16.1. The van der Waals surface area contributed by atoms with E-state index in [1.165, 1.54) is 25.7 Å². The Morgan fingerprint density at radius 3 is 2.20 bits per heavy atom. The molecule has 0 aromatic rings. The molecule has 5 fully saturated rings. The molecule has 3 aliphatic carbocycles. The van der Waals surface area contributed by atoms with Crippen molar-refractivity contribution in [1.29, 1.82) is 0 Å². The highest BCUT2D eigenvalue weighted by Crippen LogP contribution is 2.66. The standard InChI is InChI=1S/C31H44F3N5O6/c1-29(2,3)23(38-28(45)31(32,33)34)27(44)39-15-19-18(8-10-30(19)11-12-30)21(39)25(42)37-20(14-16-9-13-35-24(16)41)22(40)26(43)36-17-6-4-5-7-17/h16-21,23H,4-15H2,1-3H3,(H,35,41)(H,36,43)(H,37,42)(H,38,45)/t16-,18-,19-,20-,21-,23?/m0/s1. The smallest absolute Gasteiger partial charge is 0.356 e. The first-order chi connectivity index (χ1) is 21.0. The Hall–Kier alpha value is -3.19. The van der Waals surface area contributed by atoms with Gasteiger partial charge in [-0.15, -0.1) is 0 Å². The maximum absolute atomic E-state index is 14.2. The number of fused-ring (bicyclic) bond motifs is 2. The molecule has 5 rings (SSSR count). The van der Waals surface area contributed by atoms with Gasteiger partial charge in [0.2, 0.25) is 23.5 Å². The summed E-state index contributed by atoms with van der Waals surface area (Å²) in [6.45, 7) is 5.14. The molecule has 2 aliphatic heterocycles. The van der Waals surface area contributed by atoms with Crippen molar-refractivity contribution in [2.45, 2.75) is 115 Å². The zero-order valence-electron chi connectivity index (χ0n) is 26.1. The van der Waals surface area contributed by atoms with Crippen molar-refractivity contribution in [2.75, 3.05) is 13.1 Å². The first kappa shape index (κ1) is 33.2. The van der Waals surface area contributed by atoms with E-state index in [0.29, 0.717) is 19.4 Å². The number of hydrogen-bond acceptors (Lipinski definition) is 6. The lowest BCUT2D eigenvalue weighted by Gasteiger charge is -2.36. The molecule has 2 saturated heterocycles. The van der Waals surface area contributed by atoms with Crippen LogP contribution in [0.1, 0.15) is 85.0 Å². The molecule has 0 radical (unpaired) electrons. The van der Waals surface area contributed by atoms with E-state index < -0.39 is 65.0 Å². The van der Waals surface area contributed by atoms with Gasteiger partial charge in [-0.2, -0.15) is 13.2 Å². The molecule has 45 heavy (non-hydrogen) atoms. The zero-order chi connectivity index (χ0) is 32.9. The van der Waals surface area contributed by atoms with E-state index in [-0.39, 0.29) is 42.2 Å². The van der Waals surface area contributed by atoms with Crippen LogP contribution >= 0.6 is 0 Å². The summed E-state index contributed by atoms with van der Waals surface area (Å²) >= 11 is 0. The van der Waals surface area contributed by atoms with E-state index in [1.54, 1.807) is 0 Å². The Labute approximate surface area is 260 Å². The van der Waals surface area contributed by atoms with Crippen LogP contribution in [0.3, 0.4) is 0 Å². The molecule has 5 amide bonds. The van der Waals surface area contributed by atoms with Gasteiger partial charge in [0, 0.05) is 25.0 Å². The highest BCUT2D eigenvalue weighted by Gasteiger charge is 2.64. The summed E-state index contributed by atoms with van der Waals surface area (Å²) in [4.78, 5) is 80.4. The second-order valence-electron chi connectivity index (χ2n) is 14.8. The van der Waals surface area contributed by atoms with Crippen LogP contribution in [-0.4, -0.2) is 83.7 Å². The minimum atomic E-state index is -5.21. The third kappa shape index (κ3) is 6.84. The number of rotatable bonds is 9. The van der Waals surface area contributed by atoms with E-state index in [4.69, 9.17) is 0 Å². The summed E-state index contributed by atoms with van der Waals surface area (Å²) in [6.07, 6.45) is 1.79. The van der Waals surface area contributed by atoms with Crippen molar-refractivity contribution in [1.82, 2.24) is 26.2 Å². The van der Waals surface area contributed by atoms with Crippen LogP contribution in [0.15, 0.2) is 0 Å². The van der Waals surface area contributed by atoms with E-state index in [0.717, 1.165) is 44.9 Å². The molecule has 2 heterocycles. The van der Waals surface area contributed by atoms with Crippen LogP contribution in [0.25, 0.3) is 0 Å². The van der Waals surface area contributed by atoms with E-state index >= 15 is 0 Å². The number of nitrogens with zero attached hydrogens (tertiary/aromatic N) is 1. The number of carbonyl (C=O) groups excluding carboxylic acids is 6. The minimum absolute atomic E-state index is 0.0387. The summed E-state index contributed by atoms with van der Waals surface area (Å²) in [5.74, 6) is -6.70. The van der Waals surface area contributed by atoms with Gasteiger partial charge in [-0.05, 0) is 74.0 Å². The number of Topliss-reactive ketones (excluding diaryl/α,β-unsaturated/α-hetero) is 1. The van der Waals surface area contributed by atoms with Crippen LogP contribution in [-0.2, 0) is 28.8 Å². The molecule has 0 aromatic heterocycles. The van der Waals surface area contributed by atoms with Crippen molar-refractivity contribution in [3.8, 4) is 0 Å². The van der Waals surface area contributed by atoms with Crippen molar-refractivity contribution in [3.05, 3.63) is 0 Å². The molecule has 3 saturated carbocycles. The van der Waals surface area contributed by atoms with Crippen LogP contribution in [0, 0.1) is 28.6 Å². The molecule has 6 atom stereocenters. The molecule has 1 unspecified atom stereocenters. The largest absolute Gasteiger partial charge is 0.471 e. The number of nitrogens with one attached hydrogen (secondary N) is 4. The molecule has 1 spiro atoms. The molecule has 5 aliphatic rings. The van der Waals surface area contributed by atoms with Crippen molar-refractivity contribution in [3.63, 3.8) is 0 Å². The number of alkyl halides is 3. The molecule has 0 aromatic carbocycles. The second-order valence-corrected chi connectivity index (χ2v) is 14.8. The van der Waals surface area contributed by atoms with Crippen LogP contribution in [0.2, 0.25) is 0 Å². The molecule has 250 valence electrons. The van der Waals surface area contributed by atoms with E-state index in [9.17, 15) is 41.9 Å². The van der Waals surface area contributed by atoms with Gasteiger partial charge in [-0.3, -0.25) is 28.8 Å². The fourth-order valence-electron chi connectivity index (χ4n) is 8.06. The Kier molecular flexibility index (Phi) is 9.00. The zero-order valence-corrected chi connectivity index (χ0v) is 26.1. The summed E-state index contributed by atoms with van der Waals surface area (Å²) in [5.41, 5.74) is -1.16. The topological polar surface area (TPSA) is 154 Å². The lowest BCUT2D eigenvalue weighted by molar-refractivity contribution is -0.176. The fraction of sp³-hybridized carbons (Fsp3) is 0.806. The Balaban J connectivity index is 1.41. The second kappa shape index (κ2) is 12.2. The SMILES string of the molecule is CC(C)(C)C(NC(=O)C(F)(F)F)C(=O)N1C[C@H]2[C@H](CCC23CC3)[C@H]1C(=O)N[C@@H](C[C@@H]1CCNC1=O)C(=O)C(=O)NC1CCCC1. The highest BCUT2D eigenvalue weighted by molar-refractivity contribution is 6.38. The fourth-order valence-corrected chi connectivity index (χ4v) is 8.06. The quantitative estimate of drug-likeness (QED) is 0.282. The number of halogens is 3. The predicted octanol–water partition coefficient (Wildman–Crippen LogP) is 1.74. The minimum Gasteiger partial charge on any atom is -0.356 e. The molecule has 11 nitrogen and oxygen atoms in total. The van der Waals surface area contributed by atoms with E-state index in [2.05, 4.69) is 16.0 Å². The maximum Gasteiger partial charge on any atom is 0.471 e. The number of ketones is 1. The van der Waals surface area contributed by atoms with E-state index in [1.807, 2.05) is 5.32 Å². The maximum atomic E-state index is 14.2. The molecule has 14 heteroatoms. The summed E-state index contributed by atoms with van der Waals surface area (Å²) in [6, 6.07) is -4.16. The van der Waals surface area contributed by atoms with Gasteiger partial charge in [-0.25, -0.2) is 0 Å². The Bertz CT molecular complexity index is 1240. The molecule has 4 N–H and O–H groups in total. The van der Waals surface area contributed by atoms with Crippen LogP contribution in [0.4, 0.5) is 13.2 Å². The van der Waals surface area contributed by atoms with Gasteiger partial charge < -0.3 is 26.2 Å². The lowest BCUT2D eigenvalue weighted by atomic mass is 9.85. The Morgan fingerprint density at radius 1 is 0.978 bits per heavy atom. The average molecular weight is 640 g/mol.